The number of hydrogen-bond donors (Lipinski definition) is 1. The Morgan fingerprint density at radius 1 is 1.12 bits per heavy atom. The number of ether oxygens (including phenoxy) is 1. The van der Waals surface area contributed by atoms with Crippen LogP contribution in [-0.2, 0) is 11.3 Å². The molecular formula is C18H15N3O4. The van der Waals surface area contributed by atoms with Crippen LogP contribution in [-0.4, -0.2) is 39.1 Å². The number of nitrogens with zero attached hydrogens (tertiary/aromatic N) is 3. The molecule has 126 valence electrons. The smallest absolute Gasteiger partial charge is 0.360 e. The number of rotatable bonds is 5. The van der Waals surface area contributed by atoms with E-state index in [1.807, 2.05) is 24.3 Å². The molecule has 2 aromatic carbocycles. The summed E-state index contributed by atoms with van der Waals surface area (Å²) in [4.78, 5) is 22.7. The molecule has 0 aliphatic rings. The number of esters is 1. The fraction of sp³-hybridized carbons (Fsp3) is 0.111. The standard InChI is InChI=1S/C18H15N3O4/c1-25-18(24)16-11-21(20-19-16)10-12-6-8-13(9-7-12)14-4-2-3-5-15(14)17(22)23/h2-9,11H,10H2,1H3,(H,22,23). The molecule has 7 heteroatoms. The highest BCUT2D eigenvalue weighted by atomic mass is 16.5. The maximum absolute atomic E-state index is 11.4. The molecule has 0 fully saturated rings. The molecule has 0 aliphatic heterocycles. The van der Waals surface area contributed by atoms with Gasteiger partial charge in [-0.15, -0.1) is 5.10 Å². The van der Waals surface area contributed by atoms with E-state index in [4.69, 9.17) is 0 Å². The van der Waals surface area contributed by atoms with E-state index in [9.17, 15) is 14.7 Å². The zero-order valence-corrected chi connectivity index (χ0v) is 13.4. The van der Waals surface area contributed by atoms with Crippen molar-refractivity contribution in [1.82, 2.24) is 15.0 Å². The third-order valence-corrected chi connectivity index (χ3v) is 3.70. The van der Waals surface area contributed by atoms with Gasteiger partial charge in [-0.05, 0) is 22.8 Å². The van der Waals surface area contributed by atoms with Gasteiger partial charge in [0.15, 0.2) is 5.69 Å². The lowest BCUT2D eigenvalue weighted by atomic mass is 9.99. The van der Waals surface area contributed by atoms with Gasteiger partial charge < -0.3 is 9.84 Å². The minimum absolute atomic E-state index is 0.148. The predicted molar refractivity (Wildman–Crippen MR) is 89.3 cm³/mol. The monoisotopic (exact) mass is 337 g/mol. The van der Waals surface area contributed by atoms with Crippen molar-refractivity contribution in [1.29, 1.82) is 0 Å². The van der Waals surface area contributed by atoms with Crippen LogP contribution in [0.15, 0.2) is 54.7 Å². The molecule has 0 aliphatic carbocycles. The molecule has 0 unspecified atom stereocenters. The van der Waals surface area contributed by atoms with Crippen molar-refractivity contribution in [2.24, 2.45) is 0 Å². The van der Waals surface area contributed by atoms with Crippen LogP contribution in [0.5, 0.6) is 0 Å². The summed E-state index contributed by atoms with van der Waals surface area (Å²) in [6.07, 6.45) is 1.51. The molecule has 0 spiro atoms. The molecule has 1 N–H and O–H groups in total. The first-order chi connectivity index (χ1) is 12.1. The van der Waals surface area contributed by atoms with Crippen molar-refractivity contribution in [2.75, 3.05) is 7.11 Å². The fourth-order valence-electron chi connectivity index (χ4n) is 2.47. The van der Waals surface area contributed by atoms with Crippen LogP contribution in [0.4, 0.5) is 0 Å². The highest BCUT2D eigenvalue weighted by molar-refractivity contribution is 5.96. The number of carboxylic acids is 1. The van der Waals surface area contributed by atoms with E-state index in [1.165, 1.54) is 18.0 Å². The molecule has 0 bridgehead atoms. The Morgan fingerprint density at radius 2 is 1.84 bits per heavy atom. The number of carbonyl (C=O) groups excluding carboxylic acids is 1. The summed E-state index contributed by atoms with van der Waals surface area (Å²) < 4.78 is 6.13. The molecule has 1 aromatic heterocycles. The van der Waals surface area contributed by atoms with E-state index >= 15 is 0 Å². The molecular weight excluding hydrogens is 322 g/mol. The van der Waals surface area contributed by atoms with Gasteiger partial charge in [0.25, 0.3) is 0 Å². The molecule has 0 saturated heterocycles. The highest BCUT2D eigenvalue weighted by Crippen LogP contribution is 2.24. The summed E-state index contributed by atoms with van der Waals surface area (Å²) in [6.45, 7) is 0.435. The minimum atomic E-state index is -0.961. The van der Waals surface area contributed by atoms with Crippen LogP contribution in [0.25, 0.3) is 11.1 Å². The second kappa shape index (κ2) is 6.96. The summed E-state index contributed by atoms with van der Waals surface area (Å²) in [7, 11) is 1.29. The van der Waals surface area contributed by atoms with Crippen molar-refractivity contribution in [3.8, 4) is 11.1 Å². The number of carbonyl (C=O) groups is 2. The van der Waals surface area contributed by atoms with E-state index in [0.29, 0.717) is 12.1 Å². The van der Waals surface area contributed by atoms with Gasteiger partial charge >= 0.3 is 11.9 Å². The van der Waals surface area contributed by atoms with Crippen molar-refractivity contribution < 1.29 is 19.4 Å². The summed E-state index contributed by atoms with van der Waals surface area (Å²) in [6, 6.07) is 14.3. The first-order valence-electron chi connectivity index (χ1n) is 7.48. The number of carboxylic acid groups (broad SMARTS) is 1. The summed E-state index contributed by atoms with van der Waals surface area (Å²) in [5, 5.41) is 16.9. The van der Waals surface area contributed by atoms with Crippen LogP contribution >= 0.6 is 0 Å². The lowest BCUT2D eigenvalue weighted by molar-refractivity contribution is 0.0593. The van der Waals surface area contributed by atoms with Crippen LogP contribution in [0.1, 0.15) is 26.4 Å². The first-order valence-corrected chi connectivity index (χ1v) is 7.48. The molecule has 25 heavy (non-hydrogen) atoms. The molecule has 7 nitrogen and oxygen atoms in total. The fourth-order valence-corrected chi connectivity index (χ4v) is 2.47. The molecule has 3 rings (SSSR count). The van der Waals surface area contributed by atoms with Crippen molar-refractivity contribution in [3.63, 3.8) is 0 Å². The van der Waals surface area contributed by atoms with Gasteiger partial charge in [0, 0.05) is 0 Å². The number of hydrogen-bond acceptors (Lipinski definition) is 5. The zero-order chi connectivity index (χ0) is 17.8. The maximum atomic E-state index is 11.4. The van der Waals surface area contributed by atoms with E-state index in [-0.39, 0.29) is 11.3 Å². The van der Waals surface area contributed by atoms with Crippen LogP contribution in [0.2, 0.25) is 0 Å². The normalized spacial score (nSPS) is 10.4. The minimum Gasteiger partial charge on any atom is -0.478 e. The van der Waals surface area contributed by atoms with E-state index in [2.05, 4.69) is 15.0 Å². The molecule has 0 radical (unpaired) electrons. The van der Waals surface area contributed by atoms with Gasteiger partial charge in [0.1, 0.15) is 0 Å². The third kappa shape index (κ3) is 3.55. The lowest BCUT2D eigenvalue weighted by Crippen LogP contribution is -2.02. The van der Waals surface area contributed by atoms with Crippen LogP contribution in [0, 0.1) is 0 Å². The Morgan fingerprint density at radius 3 is 2.52 bits per heavy atom. The maximum Gasteiger partial charge on any atom is 0.360 e. The zero-order valence-electron chi connectivity index (χ0n) is 13.4. The average Bonchev–Trinajstić information content (AvgIpc) is 3.10. The van der Waals surface area contributed by atoms with E-state index in [0.717, 1.165) is 11.1 Å². The Bertz CT molecular complexity index is 916. The summed E-state index contributed by atoms with van der Waals surface area (Å²) in [5.74, 6) is -1.50. The molecule has 1 heterocycles. The van der Waals surface area contributed by atoms with Gasteiger partial charge in [-0.25, -0.2) is 14.3 Å². The largest absolute Gasteiger partial charge is 0.478 e. The average molecular weight is 337 g/mol. The van der Waals surface area contributed by atoms with Gasteiger partial charge in [-0.1, -0.05) is 47.7 Å². The predicted octanol–water partition coefficient (Wildman–Crippen LogP) is 2.48. The van der Waals surface area contributed by atoms with Crippen molar-refractivity contribution >= 4 is 11.9 Å². The first kappa shape index (κ1) is 16.4. The third-order valence-electron chi connectivity index (χ3n) is 3.70. The highest BCUT2D eigenvalue weighted by Gasteiger charge is 2.12. The summed E-state index contributed by atoms with van der Waals surface area (Å²) in [5.41, 5.74) is 2.83. The number of methoxy groups -OCH3 is 1. The Labute approximate surface area is 143 Å². The summed E-state index contributed by atoms with van der Waals surface area (Å²) >= 11 is 0. The topological polar surface area (TPSA) is 94.3 Å². The van der Waals surface area contributed by atoms with Gasteiger partial charge in [-0.3, -0.25) is 0 Å². The quantitative estimate of drug-likeness (QED) is 0.719. The number of benzene rings is 2. The lowest BCUT2D eigenvalue weighted by Gasteiger charge is -2.07. The van der Waals surface area contributed by atoms with Gasteiger partial charge in [0.2, 0.25) is 0 Å². The van der Waals surface area contributed by atoms with Crippen molar-refractivity contribution in [3.05, 3.63) is 71.5 Å². The second-order valence-corrected chi connectivity index (χ2v) is 5.34. The molecule has 3 aromatic rings. The number of aromatic nitrogens is 3. The van der Waals surface area contributed by atoms with Gasteiger partial charge in [-0.2, -0.15) is 0 Å². The van der Waals surface area contributed by atoms with Crippen LogP contribution in [0.3, 0.4) is 0 Å². The Hall–Kier alpha value is -3.48. The van der Waals surface area contributed by atoms with Crippen molar-refractivity contribution in [2.45, 2.75) is 6.54 Å². The Balaban J connectivity index is 1.80. The second-order valence-electron chi connectivity index (χ2n) is 5.34. The number of aromatic carboxylic acids is 1. The molecule has 0 saturated carbocycles. The molecule has 0 amide bonds. The van der Waals surface area contributed by atoms with Crippen LogP contribution < -0.4 is 0 Å². The SMILES string of the molecule is COC(=O)c1cn(Cc2ccc(-c3ccccc3C(=O)O)cc2)nn1. The van der Waals surface area contributed by atoms with Gasteiger partial charge in [0.05, 0.1) is 25.4 Å². The molecule has 0 atom stereocenters. The van der Waals surface area contributed by atoms with E-state index in [1.54, 1.807) is 24.3 Å². The Kier molecular flexibility index (Phi) is 4.56. The van der Waals surface area contributed by atoms with E-state index < -0.39 is 11.9 Å².